The molecule has 0 aliphatic carbocycles. The highest BCUT2D eigenvalue weighted by molar-refractivity contribution is 6.30. The Kier molecular flexibility index (Phi) is 9.86. The van der Waals surface area contributed by atoms with Crippen molar-refractivity contribution in [2.45, 2.75) is 39.5 Å². The Bertz CT molecular complexity index is 1310. The van der Waals surface area contributed by atoms with E-state index in [0.29, 0.717) is 15.8 Å². The molecule has 0 radical (unpaired) electrons. The summed E-state index contributed by atoms with van der Waals surface area (Å²) in [5.41, 5.74) is 6.66. The highest BCUT2D eigenvalue weighted by atomic mass is 35.5. The van der Waals surface area contributed by atoms with Crippen LogP contribution in [0.5, 0.6) is 0 Å². The van der Waals surface area contributed by atoms with E-state index in [9.17, 15) is 0 Å². The van der Waals surface area contributed by atoms with Crippen molar-refractivity contribution in [3.63, 3.8) is 0 Å². The molecule has 0 amide bonds. The lowest BCUT2D eigenvalue weighted by atomic mass is 9.84. The van der Waals surface area contributed by atoms with Crippen molar-refractivity contribution in [2.24, 2.45) is 0 Å². The van der Waals surface area contributed by atoms with Crippen LogP contribution < -0.4 is 4.90 Å². The Morgan fingerprint density at radius 3 is 2.03 bits per heavy atom. The smallest absolute Gasteiger partial charge is 0.261 e. The molecule has 0 saturated heterocycles. The van der Waals surface area contributed by atoms with E-state index >= 15 is 0 Å². The second kappa shape index (κ2) is 12.9. The number of hydrogen-bond acceptors (Lipinski definition) is 1. The number of nitrogens with zero attached hydrogens (tertiary/aromatic N) is 1. The zero-order valence-corrected chi connectivity index (χ0v) is 23.7. The molecule has 0 aromatic heterocycles. The Hall–Kier alpha value is -3.20. The molecular formula is C33H36Cl2NO+. The second-order valence-corrected chi connectivity index (χ2v) is 10.0. The topological polar surface area (TPSA) is 26.1 Å². The summed E-state index contributed by atoms with van der Waals surface area (Å²) in [5, 5.41) is 9.93. The highest BCUT2D eigenvalue weighted by Gasteiger charge is 2.37. The standard InChI is InChI=1S/C31H29Cl2NO.C2H6/c1-31(2)27-10-7-8-11-28(27)34(3)30(31)12-6-4-5-9-24(22-13-17-25(32)18-14-22)21-29(35)23-15-19-26(33)20-16-23;1-2/h4,6-21,35H,5H2,1-3H3;1-2H3/p+1/b6-4+,24-9+,29-21-,30-12+;. The first kappa shape index (κ1) is 28.4. The summed E-state index contributed by atoms with van der Waals surface area (Å²) in [7, 11) is 2.13. The second-order valence-electron chi connectivity index (χ2n) is 9.15. The zero-order chi connectivity index (χ0) is 27.0. The van der Waals surface area contributed by atoms with Gasteiger partial charge in [-0.2, -0.15) is 0 Å². The SMILES string of the molecule is CC.CN1/C(=C/C=C/C/C=C(\C=C(/[OH2+])c2ccc(Cl)cc2)c2ccc(Cl)cc2)C(C)(C)c2ccccc21. The van der Waals surface area contributed by atoms with Crippen molar-refractivity contribution in [1.29, 1.82) is 0 Å². The van der Waals surface area contributed by atoms with Crippen molar-refractivity contribution in [1.82, 2.24) is 0 Å². The Morgan fingerprint density at radius 2 is 1.43 bits per heavy atom. The molecule has 0 fully saturated rings. The van der Waals surface area contributed by atoms with Crippen LogP contribution in [0, 0.1) is 0 Å². The maximum Gasteiger partial charge on any atom is 0.261 e. The van der Waals surface area contributed by atoms with Gasteiger partial charge in [0.05, 0.1) is 5.56 Å². The number of benzene rings is 3. The minimum absolute atomic E-state index is 0.0403. The van der Waals surface area contributed by atoms with Gasteiger partial charge in [-0.05, 0) is 71.7 Å². The Balaban J connectivity index is 0.00000186. The van der Waals surface area contributed by atoms with Crippen molar-refractivity contribution in [2.75, 3.05) is 11.9 Å². The van der Waals surface area contributed by atoms with Crippen LogP contribution >= 0.6 is 23.2 Å². The van der Waals surface area contributed by atoms with E-state index in [1.165, 1.54) is 16.9 Å². The summed E-state index contributed by atoms with van der Waals surface area (Å²) in [4.78, 5) is 2.27. The molecule has 37 heavy (non-hydrogen) atoms. The first-order chi connectivity index (χ1) is 17.8. The summed E-state index contributed by atoms with van der Waals surface area (Å²) in [6, 6.07) is 23.6. The molecule has 0 bridgehead atoms. The number of hydrogen-bond donors (Lipinski definition) is 0. The van der Waals surface area contributed by atoms with E-state index in [1.807, 2.05) is 56.3 Å². The van der Waals surface area contributed by atoms with Gasteiger partial charge in [0, 0.05) is 40.0 Å². The average molecular weight is 534 g/mol. The Labute approximate surface area is 231 Å². The molecule has 0 atom stereocenters. The predicted octanol–water partition coefficient (Wildman–Crippen LogP) is 9.43. The lowest BCUT2D eigenvalue weighted by Crippen LogP contribution is -2.22. The van der Waals surface area contributed by atoms with Crippen molar-refractivity contribution in [3.8, 4) is 0 Å². The molecule has 192 valence electrons. The van der Waals surface area contributed by atoms with Gasteiger partial charge >= 0.3 is 0 Å². The maximum atomic E-state index is 8.58. The summed E-state index contributed by atoms with van der Waals surface area (Å²) >= 11 is 12.1. The number of fused-ring (bicyclic) bond motifs is 1. The van der Waals surface area contributed by atoms with E-state index < -0.39 is 0 Å². The maximum absolute atomic E-state index is 8.58. The van der Waals surface area contributed by atoms with Crippen LogP contribution in [0.3, 0.4) is 0 Å². The monoisotopic (exact) mass is 532 g/mol. The summed E-state index contributed by atoms with van der Waals surface area (Å²) < 4.78 is 0. The zero-order valence-electron chi connectivity index (χ0n) is 22.2. The summed E-state index contributed by atoms with van der Waals surface area (Å²) in [6.45, 7) is 8.54. The molecule has 4 heteroatoms. The molecule has 1 aliphatic rings. The molecule has 3 aromatic rings. The number of para-hydroxylation sites is 1. The van der Waals surface area contributed by atoms with Crippen LogP contribution in [0.4, 0.5) is 5.69 Å². The van der Waals surface area contributed by atoms with Crippen LogP contribution in [0.15, 0.2) is 109 Å². The molecule has 0 spiro atoms. The van der Waals surface area contributed by atoms with E-state index in [0.717, 1.165) is 23.1 Å². The molecule has 2 N–H and O–H groups in total. The summed E-state index contributed by atoms with van der Waals surface area (Å²) in [6.07, 6.45) is 11.2. The van der Waals surface area contributed by atoms with Gasteiger partial charge < -0.3 is 10.0 Å². The average Bonchev–Trinajstić information content (AvgIpc) is 3.10. The molecule has 0 saturated carbocycles. The predicted molar refractivity (Wildman–Crippen MR) is 164 cm³/mol. The number of halogens is 2. The lowest BCUT2D eigenvalue weighted by molar-refractivity contribution is 0.512. The third-order valence-corrected chi connectivity index (χ3v) is 6.94. The highest BCUT2D eigenvalue weighted by Crippen LogP contribution is 2.46. The van der Waals surface area contributed by atoms with Gasteiger partial charge in [-0.3, -0.25) is 0 Å². The van der Waals surface area contributed by atoms with Gasteiger partial charge in [-0.15, -0.1) is 0 Å². The van der Waals surface area contributed by atoms with Crippen LogP contribution in [-0.4, -0.2) is 12.2 Å². The van der Waals surface area contributed by atoms with E-state index in [1.54, 1.807) is 12.1 Å². The third kappa shape index (κ3) is 6.77. The Morgan fingerprint density at radius 1 is 0.865 bits per heavy atom. The van der Waals surface area contributed by atoms with Crippen LogP contribution in [0.2, 0.25) is 10.0 Å². The number of allylic oxidation sites excluding steroid dienone is 7. The molecule has 4 rings (SSSR count). The van der Waals surface area contributed by atoms with Crippen molar-refractivity contribution >= 4 is 40.2 Å². The molecule has 2 nitrogen and oxygen atoms in total. The van der Waals surface area contributed by atoms with Crippen LogP contribution in [0.25, 0.3) is 11.3 Å². The molecular weight excluding hydrogens is 497 g/mol. The molecule has 3 aromatic carbocycles. The van der Waals surface area contributed by atoms with Gasteiger partial charge in [-0.1, -0.05) is 99.5 Å². The third-order valence-electron chi connectivity index (χ3n) is 6.44. The van der Waals surface area contributed by atoms with E-state index in [2.05, 4.69) is 74.4 Å². The van der Waals surface area contributed by atoms with Crippen LogP contribution in [0.1, 0.15) is 50.8 Å². The lowest BCUT2D eigenvalue weighted by Gasteiger charge is -2.23. The van der Waals surface area contributed by atoms with Gasteiger partial charge in [0.2, 0.25) is 0 Å². The van der Waals surface area contributed by atoms with Gasteiger partial charge in [-0.25, -0.2) is 0 Å². The molecule has 1 heterocycles. The fourth-order valence-electron chi connectivity index (χ4n) is 4.51. The quantitative estimate of drug-likeness (QED) is 0.176. The minimum Gasteiger partial charge on any atom is -0.593 e. The van der Waals surface area contributed by atoms with Gasteiger partial charge in [0.1, 0.15) is 0 Å². The van der Waals surface area contributed by atoms with E-state index in [-0.39, 0.29) is 5.41 Å². The first-order valence-electron chi connectivity index (χ1n) is 12.6. The molecule has 0 unspecified atom stereocenters. The fraction of sp³-hybridized carbons (Fsp3) is 0.212. The number of anilines is 1. The summed E-state index contributed by atoms with van der Waals surface area (Å²) in [5.74, 6) is 0.432. The minimum atomic E-state index is -0.0403. The fourth-order valence-corrected chi connectivity index (χ4v) is 4.76. The van der Waals surface area contributed by atoms with Crippen molar-refractivity contribution in [3.05, 3.63) is 136 Å². The largest absolute Gasteiger partial charge is 0.593 e. The molecule has 1 aliphatic heterocycles. The number of likely N-dealkylation sites (N-methyl/N-ethyl adjacent to an activating group) is 1. The van der Waals surface area contributed by atoms with Crippen molar-refractivity contribution < 1.29 is 5.11 Å². The van der Waals surface area contributed by atoms with Crippen LogP contribution in [-0.2, 0) is 5.41 Å². The van der Waals surface area contributed by atoms with E-state index in [4.69, 9.17) is 28.3 Å². The van der Waals surface area contributed by atoms with Gasteiger partial charge in [0.25, 0.3) is 5.76 Å². The van der Waals surface area contributed by atoms with Gasteiger partial charge in [0.15, 0.2) is 0 Å². The first-order valence-corrected chi connectivity index (χ1v) is 13.4. The number of rotatable bonds is 6. The normalized spacial score (nSPS) is 16.1.